The Labute approximate surface area is 268 Å². The maximum Gasteiger partial charge on any atom is 0.412 e. The summed E-state index contributed by atoms with van der Waals surface area (Å²) in [7, 11) is 2.05. The van der Waals surface area contributed by atoms with Crippen LogP contribution in [0.2, 0.25) is 0 Å². The van der Waals surface area contributed by atoms with Gasteiger partial charge in [0.15, 0.2) is 18.2 Å². The number of fused-ring (bicyclic) bond motifs is 3. The lowest BCUT2D eigenvalue weighted by Crippen LogP contribution is -3.12. The van der Waals surface area contributed by atoms with Crippen LogP contribution in [0, 0.1) is 11.8 Å². The highest BCUT2D eigenvalue weighted by atomic mass is 35.5. The summed E-state index contributed by atoms with van der Waals surface area (Å²) in [4.78, 5) is 44.1. The number of alkyl carbamates (subject to hydrolysis) is 1. The Morgan fingerprint density at radius 1 is 1.16 bits per heavy atom. The van der Waals surface area contributed by atoms with Gasteiger partial charge >= 0.3 is 12.2 Å². The number of quaternary nitrogens is 1. The van der Waals surface area contributed by atoms with E-state index in [0.29, 0.717) is 13.1 Å². The molecular weight excluding hydrogens is 582 g/mol. The van der Waals surface area contributed by atoms with E-state index in [4.69, 9.17) is 9.47 Å². The van der Waals surface area contributed by atoms with E-state index in [1.54, 1.807) is 25.7 Å². The van der Waals surface area contributed by atoms with Gasteiger partial charge in [0, 0.05) is 61.2 Å². The van der Waals surface area contributed by atoms with E-state index < -0.39 is 24.0 Å². The van der Waals surface area contributed by atoms with E-state index >= 15 is 0 Å². The smallest absolute Gasteiger partial charge is 0.412 e. The molecule has 0 spiro atoms. The molecule has 0 bridgehead atoms. The molecule has 2 N–H and O–H groups in total. The highest BCUT2D eigenvalue weighted by molar-refractivity contribution is 6.11. The van der Waals surface area contributed by atoms with Crippen molar-refractivity contribution in [2.24, 2.45) is 18.9 Å². The molecule has 1 aromatic heterocycles. The van der Waals surface area contributed by atoms with Gasteiger partial charge in [-0.25, -0.2) is 9.59 Å². The second kappa shape index (κ2) is 14.2. The molecule has 11 heteroatoms. The van der Waals surface area contributed by atoms with Gasteiger partial charge in [-0.05, 0) is 53.5 Å². The van der Waals surface area contributed by atoms with E-state index in [1.165, 1.54) is 4.90 Å². The van der Waals surface area contributed by atoms with Crippen molar-refractivity contribution in [2.45, 2.75) is 92.3 Å². The fraction of sp³-hybridized carbons (Fsp3) is 0.606. The summed E-state index contributed by atoms with van der Waals surface area (Å²) in [6.07, 6.45) is 4.35. The number of carbonyl (C=O) groups is 3. The minimum Gasteiger partial charge on any atom is -1.00 e. The Kier molecular flexibility index (Phi) is 11.4. The average Bonchev–Trinajstić information content (AvgIpc) is 3.42. The van der Waals surface area contributed by atoms with Gasteiger partial charge in [-0.3, -0.25) is 14.6 Å². The van der Waals surface area contributed by atoms with Crippen LogP contribution in [0.25, 0.3) is 10.9 Å². The summed E-state index contributed by atoms with van der Waals surface area (Å²) in [6, 6.07) is 8.03. The van der Waals surface area contributed by atoms with Crippen molar-refractivity contribution >= 4 is 28.9 Å². The van der Waals surface area contributed by atoms with Crippen molar-refractivity contribution < 1.29 is 41.2 Å². The Hall–Kier alpha value is -3.24. The number of para-hydroxylation sites is 1. The van der Waals surface area contributed by atoms with Gasteiger partial charge in [-0.2, -0.15) is 0 Å². The molecule has 2 heterocycles. The third-order valence-corrected chi connectivity index (χ3v) is 8.47. The lowest BCUT2D eigenvalue weighted by Gasteiger charge is -2.36. The van der Waals surface area contributed by atoms with E-state index in [2.05, 4.69) is 47.1 Å². The van der Waals surface area contributed by atoms with E-state index in [9.17, 15) is 14.4 Å². The zero-order valence-corrected chi connectivity index (χ0v) is 28.4. The van der Waals surface area contributed by atoms with Crippen molar-refractivity contribution in [1.29, 1.82) is 0 Å². The van der Waals surface area contributed by atoms with Gasteiger partial charge in [0.2, 0.25) is 0 Å². The van der Waals surface area contributed by atoms with Gasteiger partial charge in [0.1, 0.15) is 11.8 Å². The molecule has 0 radical (unpaired) electrons. The van der Waals surface area contributed by atoms with E-state index in [1.807, 2.05) is 46.0 Å². The summed E-state index contributed by atoms with van der Waals surface area (Å²) < 4.78 is 13.6. The summed E-state index contributed by atoms with van der Waals surface area (Å²) in [5, 5.41) is 3.76. The average molecular weight is 632 g/mol. The third-order valence-electron chi connectivity index (χ3n) is 8.47. The molecule has 244 valence electrons. The molecule has 44 heavy (non-hydrogen) atoms. The van der Waals surface area contributed by atoms with E-state index in [0.717, 1.165) is 35.0 Å². The monoisotopic (exact) mass is 631 g/mol. The number of aryl methyl sites for hydroxylation is 1. The number of carbonyl (C=O) groups excluding carboxylic acids is 3. The fourth-order valence-electron chi connectivity index (χ4n) is 6.19. The first-order chi connectivity index (χ1) is 20.2. The lowest BCUT2D eigenvalue weighted by molar-refractivity contribution is -0.879. The number of hydrogen-bond donors (Lipinski definition) is 2. The normalized spacial score (nSPS) is 20.5. The first-order valence-corrected chi connectivity index (χ1v) is 15.6. The van der Waals surface area contributed by atoms with Crippen LogP contribution < -0.4 is 22.6 Å². The number of halogens is 1. The summed E-state index contributed by atoms with van der Waals surface area (Å²) in [5.41, 5.74) is 2.52. The second-order valence-corrected chi connectivity index (χ2v) is 13.4. The van der Waals surface area contributed by atoms with Gasteiger partial charge in [0.25, 0.3) is 0 Å². The molecule has 1 aliphatic heterocycles. The number of rotatable bonds is 9. The van der Waals surface area contributed by atoms with E-state index in [-0.39, 0.29) is 48.8 Å². The number of nitrogens with one attached hydrogen (secondary N) is 2. The van der Waals surface area contributed by atoms with Crippen LogP contribution in [-0.4, -0.2) is 76.0 Å². The number of ketones is 1. The SMILES string of the molecule is CC(C)C(OC(=O)N(CCNC(=O)OC(C)(C)C)C(C)C)N1C=C[NH+](CC2CCc3c(c4ccccc4n3C)C2=O)C1C.[Cl-]. The number of Topliss-reactive ketones (excluding diaryl/α,β-unsaturated/α-hetero) is 1. The number of benzene rings is 1. The van der Waals surface area contributed by atoms with Crippen LogP contribution >= 0.6 is 0 Å². The van der Waals surface area contributed by atoms with Crippen molar-refractivity contribution in [3.63, 3.8) is 0 Å². The quantitative estimate of drug-likeness (QED) is 0.433. The van der Waals surface area contributed by atoms with Crippen molar-refractivity contribution in [1.82, 2.24) is 19.7 Å². The first kappa shape index (κ1) is 35.2. The molecule has 2 aliphatic rings. The Morgan fingerprint density at radius 2 is 1.84 bits per heavy atom. The molecule has 0 fully saturated rings. The molecular formula is C33H50ClN5O5. The predicted octanol–water partition coefficient (Wildman–Crippen LogP) is 1.30. The van der Waals surface area contributed by atoms with Crippen LogP contribution in [0.4, 0.5) is 9.59 Å². The number of hydrogen-bond acceptors (Lipinski definition) is 6. The summed E-state index contributed by atoms with van der Waals surface area (Å²) >= 11 is 0. The van der Waals surface area contributed by atoms with Crippen molar-refractivity contribution in [3.05, 3.63) is 47.9 Å². The molecule has 0 saturated heterocycles. The highest BCUT2D eigenvalue weighted by Crippen LogP contribution is 2.33. The molecule has 1 aliphatic carbocycles. The molecule has 2 aromatic rings. The Bertz CT molecular complexity index is 1360. The lowest BCUT2D eigenvalue weighted by atomic mass is 9.84. The Balaban J connectivity index is 0.00000529. The predicted molar refractivity (Wildman–Crippen MR) is 167 cm³/mol. The van der Waals surface area contributed by atoms with Gasteiger partial charge in [0.05, 0.1) is 18.7 Å². The number of amides is 2. The van der Waals surface area contributed by atoms with Gasteiger partial charge in [-0.1, -0.05) is 32.0 Å². The number of nitrogens with zero attached hydrogens (tertiary/aromatic N) is 3. The van der Waals surface area contributed by atoms with Gasteiger partial charge < -0.3 is 36.7 Å². The number of aromatic nitrogens is 1. The summed E-state index contributed by atoms with van der Waals surface area (Å²) in [5.74, 6) is 0.178. The van der Waals surface area contributed by atoms with Crippen LogP contribution in [0.5, 0.6) is 0 Å². The maximum absolute atomic E-state index is 13.8. The number of ether oxygens (including phenoxy) is 2. The van der Waals surface area contributed by atoms with Crippen LogP contribution in [0.3, 0.4) is 0 Å². The molecule has 10 nitrogen and oxygen atoms in total. The van der Waals surface area contributed by atoms with Gasteiger partial charge in [-0.15, -0.1) is 0 Å². The minimum absolute atomic E-state index is 0. The molecule has 4 atom stereocenters. The molecule has 0 saturated carbocycles. The molecule has 2 amide bonds. The fourth-order valence-corrected chi connectivity index (χ4v) is 6.19. The van der Waals surface area contributed by atoms with Crippen LogP contribution in [-0.2, 0) is 22.9 Å². The minimum atomic E-state index is -0.593. The summed E-state index contributed by atoms with van der Waals surface area (Å²) in [6.45, 7) is 16.7. The first-order valence-electron chi connectivity index (χ1n) is 15.6. The molecule has 1 aromatic carbocycles. The third kappa shape index (κ3) is 7.69. The topological polar surface area (TPSA) is 97.5 Å². The highest BCUT2D eigenvalue weighted by Gasteiger charge is 2.40. The van der Waals surface area contributed by atoms with Crippen molar-refractivity contribution in [2.75, 3.05) is 19.6 Å². The standard InChI is InChI=1S/C33H49N5O5.ClH/c1-21(2)30(42-32(41)37(22(3)4)17-16-34-31(40)43-33(6,7)8)38-19-18-36(23(38)5)20-24-14-15-27-28(29(24)39)25-12-10-11-13-26(25)35(27)9;/h10-13,18-19,21-24,30H,14-17,20H2,1-9H3,(H,34,40);1H. The zero-order chi connectivity index (χ0) is 31.6. The van der Waals surface area contributed by atoms with Crippen LogP contribution in [0.15, 0.2) is 36.7 Å². The zero-order valence-electron chi connectivity index (χ0n) is 27.6. The Morgan fingerprint density at radius 3 is 2.48 bits per heavy atom. The molecule has 4 rings (SSSR count). The van der Waals surface area contributed by atoms with Crippen LogP contribution in [0.1, 0.15) is 77.9 Å². The van der Waals surface area contributed by atoms with Crippen molar-refractivity contribution in [3.8, 4) is 0 Å². The maximum atomic E-state index is 13.8. The largest absolute Gasteiger partial charge is 1.00 e. The second-order valence-electron chi connectivity index (χ2n) is 13.4. The molecule has 4 unspecified atom stereocenters.